The monoisotopic (exact) mass is 296 g/mol. The van der Waals surface area contributed by atoms with Gasteiger partial charge in [0.2, 0.25) is 11.7 Å². The molecule has 0 aliphatic rings. The van der Waals surface area contributed by atoms with Gasteiger partial charge in [0.05, 0.1) is 6.61 Å². The van der Waals surface area contributed by atoms with Gasteiger partial charge in [-0.15, -0.1) is 0 Å². The second-order valence-corrected chi connectivity index (χ2v) is 4.50. The molecule has 1 aromatic heterocycles. The van der Waals surface area contributed by atoms with Gasteiger partial charge >= 0.3 is 6.18 Å². The Bertz CT molecular complexity index is 399. The van der Waals surface area contributed by atoms with Gasteiger partial charge in [-0.1, -0.05) is 44.2 Å². The lowest BCUT2D eigenvalue weighted by atomic mass is 10.2. The first-order valence-electron chi connectivity index (χ1n) is 6.18. The fourth-order valence-electron chi connectivity index (χ4n) is 1.48. The van der Waals surface area contributed by atoms with E-state index in [1.54, 1.807) is 0 Å². The molecule has 0 fully saturated rings. The number of rotatable bonds is 7. The number of nitrogens with zero attached hydrogens (tertiary/aromatic N) is 2. The van der Waals surface area contributed by atoms with E-state index in [0.717, 1.165) is 32.1 Å². The maximum atomic E-state index is 12.4. The molecule has 0 spiro atoms. The van der Waals surface area contributed by atoms with Crippen molar-refractivity contribution >= 4 is 11.6 Å². The molecule has 19 heavy (non-hydrogen) atoms. The first kappa shape index (κ1) is 16.0. The molecular formula is C12H16ClF3N2O. The molecule has 0 aliphatic heterocycles. The van der Waals surface area contributed by atoms with Gasteiger partial charge in [-0.2, -0.15) is 18.2 Å². The molecule has 0 radical (unpaired) electrons. The van der Waals surface area contributed by atoms with Gasteiger partial charge < -0.3 is 4.74 Å². The molecule has 1 rings (SSSR count). The second kappa shape index (κ2) is 7.53. The number of aromatic nitrogens is 2. The molecule has 7 heteroatoms. The summed E-state index contributed by atoms with van der Waals surface area (Å²) in [6.07, 6.45) is 0.527. The standard InChI is InChI=1S/C12H16ClF3N2O/c1-2-3-4-5-6-7-19-10-8-9(13)17-11(18-10)12(14,15)16/h8H,2-7H2,1H3. The first-order chi connectivity index (χ1) is 8.93. The predicted molar refractivity (Wildman–Crippen MR) is 66.3 cm³/mol. The Morgan fingerprint density at radius 1 is 1.16 bits per heavy atom. The van der Waals surface area contributed by atoms with Gasteiger partial charge in [0.15, 0.2) is 0 Å². The molecule has 0 aromatic carbocycles. The van der Waals surface area contributed by atoms with Crippen LogP contribution in [0.4, 0.5) is 13.2 Å². The average molecular weight is 297 g/mol. The van der Waals surface area contributed by atoms with Crippen LogP contribution in [0, 0.1) is 0 Å². The number of hydrogen-bond acceptors (Lipinski definition) is 3. The lowest BCUT2D eigenvalue weighted by Crippen LogP contribution is -2.12. The SMILES string of the molecule is CCCCCCCOc1cc(Cl)nc(C(F)(F)F)n1. The zero-order valence-electron chi connectivity index (χ0n) is 10.6. The zero-order chi connectivity index (χ0) is 14.3. The van der Waals surface area contributed by atoms with Crippen molar-refractivity contribution in [3.63, 3.8) is 0 Å². The van der Waals surface area contributed by atoms with Crippen LogP contribution in [0.2, 0.25) is 5.15 Å². The third-order valence-electron chi connectivity index (χ3n) is 2.42. The highest BCUT2D eigenvalue weighted by Gasteiger charge is 2.35. The van der Waals surface area contributed by atoms with Crippen molar-refractivity contribution < 1.29 is 17.9 Å². The molecule has 0 saturated heterocycles. The minimum atomic E-state index is -4.62. The van der Waals surface area contributed by atoms with Gasteiger partial charge in [0, 0.05) is 6.07 Å². The molecule has 1 aromatic rings. The van der Waals surface area contributed by atoms with E-state index in [9.17, 15) is 13.2 Å². The van der Waals surface area contributed by atoms with Crippen LogP contribution in [-0.2, 0) is 6.18 Å². The zero-order valence-corrected chi connectivity index (χ0v) is 11.4. The van der Waals surface area contributed by atoms with Gasteiger partial charge in [-0.25, -0.2) is 4.98 Å². The van der Waals surface area contributed by atoms with Crippen molar-refractivity contribution in [1.29, 1.82) is 0 Å². The van der Waals surface area contributed by atoms with Gasteiger partial charge in [-0.05, 0) is 6.42 Å². The van der Waals surface area contributed by atoms with E-state index >= 15 is 0 Å². The molecule has 1 heterocycles. The van der Waals surface area contributed by atoms with E-state index in [-0.39, 0.29) is 11.0 Å². The summed E-state index contributed by atoms with van der Waals surface area (Å²) in [5.41, 5.74) is 0. The molecular weight excluding hydrogens is 281 g/mol. The van der Waals surface area contributed by atoms with E-state index in [2.05, 4.69) is 16.9 Å². The summed E-state index contributed by atoms with van der Waals surface area (Å²) in [7, 11) is 0. The Labute approximate surface area is 115 Å². The van der Waals surface area contributed by atoms with Crippen LogP contribution in [0.15, 0.2) is 6.07 Å². The van der Waals surface area contributed by atoms with E-state index in [1.165, 1.54) is 6.07 Å². The molecule has 0 saturated carbocycles. The smallest absolute Gasteiger partial charge is 0.451 e. The van der Waals surface area contributed by atoms with Crippen molar-refractivity contribution in [3.05, 3.63) is 17.0 Å². The maximum Gasteiger partial charge on any atom is 0.451 e. The van der Waals surface area contributed by atoms with Gasteiger partial charge in [0.25, 0.3) is 0 Å². The normalized spacial score (nSPS) is 11.6. The third-order valence-corrected chi connectivity index (χ3v) is 2.62. The molecule has 108 valence electrons. The quantitative estimate of drug-likeness (QED) is 0.549. The van der Waals surface area contributed by atoms with Crippen molar-refractivity contribution in [3.8, 4) is 5.88 Å². The van der Waals surface area contributed by atoms with Crippen molar-refractivity contribution in [2.75, 3.05) is 6.61 Å². The molecule has 0 aliphatic carbocycles. The van der Waals surface area contributed by atoms with E-state index in [4.69, 9.17) is 16.3 Å². The summed E-state index contributed by atoms with van der Waals surface area (Å²) in [4.78, 5) is 6.42. The minimum Gasteiger partial charge on any atom is -0.478 e. The highest BCUT2D eigenvalue weighted by atomic mass is 35.5. The van der Waals surface area contributed by atoms with E-state index in [1.807, 2.05) is 0 Å². The Morgan fingerprint density at radius 3 is 2.47 bits per heavy atom. The van der Waals surface area contributed by atoms with Crippen LogP contribution in [0.1, 0.15) is 44.9 Å². The Morgan fingerprint density at radius 2 is 1.84 bits per heavy atom. The fourth-order valence-corrected chi connectivity index (χ4v) is 1.65. The summed E-state index contributed by atoms with van der Waals surface area (Å²) in [5, 5.41) is -0.275. The molecule has 3 nitrogen and oxygen atoms in total. The average Bonchev–Trinajstić information content (AvgIpc) is 2.32. The van der Waals surface area contributed by atoms with Crippen LogP contribution in [0.3, 0.4) is 0 Å². The topological polar surface area (TPSA) is 35.0 Å². The number of halogens is 4. The molecule has 0 unspecified atom stereocenters. The maximum absolute atomic E-state index is 12.4. The molecule has 0 atom stereocenters. The highest BCUT2D eigenvalue weighted by Crippen LogP contribution is 2.28. The highest BCUT2D eigenvalue weighted by molar-refractivity contribution is 6.29. The van der Waals surface area contributed by atoms with Gasteiger partial charge in [-0.3, -0.25) is 0 Å². The first-order valence-corrected chi connectivity index (χ1v) is 6.56. The molecule has 0 N–H and O–H groups in total. The minimum absolute atomic E-state index is 0.136. The third kappa shape index (κ3) is 6.09. The Kier molecular flexibility index (Phi) is 6.34. The number of hydrogen-bond donors (Lipinski definition) is 0. The summed E-state index contributed by atoms with van der Waals surface area (Å²) < 4.78 is 42.5. The van der Waals surface area contributed by atoms with E-state index < -0.39 is 12.0 Å². The second-order valence-electron chi connectivity index (χ2n) is 4.11. The van der Waals surface area contributed by atoms with Crippen LogP contribution in [0.5, 0.6) is 5.88 Å². The summed E-state index contributed by atoms with van der Waals surface area (Å²) >= 11 is 5.51. The lowest BCUT2D eigenvalue weighted by Gasteiger charge is -2.09. The summed E-state index contributed by atoms with van der Waals surface area (Å²) in [6, 6.07) is 1.18. The van der Waals surface area contributed by atoms with E-state index in [0.29, 0.717) is 6.61 Å². The Hall–Kier alpha value is -1.04. The number of unbranched alkanes of at least 4 members (excludes halogenated alkanes) is 4. The van der Waals surface area contributed by atoms with Crippen molar-refractivity contribution in [2.24, 2.45) is 0 Å². The van der Waals surface area contributed by atoms with Gasteiger partial charge in [0.1, 0.15) is 5.15 Å². The Balaban J connectivity index is 2.48. The van der Waals surface area contributed by atoms with Crippen molar-refractivity contribution in [2.45, 2.75) is 45.2 Å². The summed E-state index contributed by atoms with van der Waals surface area (Å²) in [5.74, 6) is -1.41. The largest absolute Gasteiger partial charge is 0.478 e. The van der Waals surface area contributed by atoms with Crippen LogP contribution in [0.25, 0.3) is 0 Å². The predicted octanol–water partition coefficient (Wildman–Crippen LogP) is 4.50. The number of alkyl halides is 3. The number of ether oxygens (including phenoxy) is 1. The van der Waals surface area contributed by atoms with Crippen molar-refractivity contribution in [1.82, 2.24) is 9.97 Å². The van der Waals surface area contributed by atoms with Crippen LogP contribution in [-0.4, -0.2) is 16.6 Å². The van der Waals surface area contributed by atoms with Crippen LogP contribution >= 0.6 is 11.6 Å². The lowest BCUT2D eigenvalue weighted by molar-refractivity contribution is -0.145. The van der Waals surface area contributed by atoms with Crippen LogP contribution < -0.4 is 4.74 Å². The molecule has 0 amide bonds. The fraction of sp³-hybridized carbons (Fsp3) is 0.667. The molecule has 0 bridgehead atoms. The summed E-state index contributed by atoms with van der Waals surface area (Å²) in [6.45, 7) is 2.44.